The van der Waals surface area contributed by atoms with Crippen LogP contribution in [-0.2, 0) is 13.1 Å². The van der Waals surface area contributed by atoms with E-state index in [9.17, 15) is 8.78 Å². The molecule has 0 fully saturated rings. The first kappa shape index (κ1) is 9.90. The second-order valence-corrected chi connectivity index (χ2v) is 2.89. The molecule has 13 heavy (non-hydrogen) atoms. The Morgan fingerprint density at radius 1 is 1.38 bits per heavy atom. The summed E-state index contributed by atoms with van der Waals surface area (Å²) in [5.74, 6) is -0.455. The molecular weight excluding hydrogens is 170 g/mol. The van der Waals surface area contributed by atoms with Crippen molar-refractivity contribution in [2.45, 2.75) is 19.5 Å². The third-order valence-corrected chi connectivity index (χ3v) is 1.90. The molecule has 0 unspecified atom stereocenters. The topological polar surface area (TPSA) is 0 Å². The second kappa shape index (κ2) is 4.75. The Morgan fingerprint density at radius 2 is 2.15 bits per heavy atom. The summed E-state index contributed by atoms with van der Waals surface area (Å²) in [7, 11) is 0. The predicted molar refractivity (Wildman–Crippen MR) is 49.7 cm³/mol. The third kappa shape index (κ3) is 2.65. The highest BCUT2D eigenvalue weighted by Crippen LogP contribution is 2.12. The Balaban J connectivity index is 2.76. The van der Waals surface area contributed by atoms with Gasteiger partial charge in [0, 0.05) is 5.56 Å². The summed E-state index contributed by atoms with van der Waals surface area (Å²) >= 11 is 0. The van der Waals surface area contributed by atoms with E-state index in [0.29, 0.717) is 0 Å². The maximum Gasteiger partial charge on any atom is 0.129 e. The van der Waals surface area contributed by atoms with Gasteiger partial charge < -0.3 is 0 Å². The van der Waals surface area contributed by atoms with Crippen LogP contribution in [0, 0.1) is 5.82 Å². The number of hydrogen-bond acceptors (Lipinski definition) is 0. The minimum absolute atomic E-state index is 0.127. The molecule has 0 saturated carbocycles. The number of halogens is 2. The summed E-state index contributed by atoms with van der Waals surface area (Å²) in [5.41, 5.74) is 1.01. The Labute approximate surface area is 76.9 Å². The van der Waals surface area contributed by atoms with E-state index in [1.165, 1.54) is 12.1 Å². The fourth-order valence-electron chi connectivity index (χ4n) is 1.12. The molecule has 70 valence electrons. The number of benzene rings is 1. The largest absolute Gasteiger partial charge is 0.246 e. The van der Waals surface area contributed by atoms with Crippen LogP contribution >= 0.6 is 0 Å². The van der Waals surface area contributed by atoms with Crippen molar-refractivity contribution in [2.24, 2.45) is 0 Å². The van der Waals surface area contributed by atoms with E-state index in [1.807, 2.05) is 0 Å². The van der Waals surface area contributed by atoms with Crippen LogP contribution in [0.25, 0.3) is 0 Å². The van der Waals surface area contributed by atoms with Crippen LogP contribution < -0.4 is 0 Å². The zero-order chi connectivity index (χ0) is 9.68. The Morgan fingerprint density at radius 3 is 2.69 bits per heavy atom. The van der Waals surface area contributed by atoms with E-state index < -0.39 is 12.5 Å². The van der Waals surface area contributed by atoms with E-state index in [4.69, 9.17) is 0 Å². The monoisotopic (exact) mass is 182 g/mol. The summed E-state index contributed by atoms with van der Waals surface area (Å²) in [6, 6.07) is 4.63. The average molecular weight is 182 g/mol. The van der Waals surface area contributed by atoms with Crippen LogP contribution in [0.15, 0.2) is 30.9 Å². The lowest BCUT2D eigenvalue weighted by atomic mass is 10.1. The molecule has 0 nitrogen and oxygen atoms in total. The minimum atomic E-state index is -0.742. The van der Waals surface area contributed by atoms with Gasteiger partial charge in [-0.2, -0.15) is 0 Å². The van der Waals surface area contributed by atoms with Crippen molar-refractivity contribution in [3.05, 3.63) is 47.8 Å². The van der Waals surface area contributed by atoms with Gasteiger partial charge >= 0.3 is 0 Å². The van der Waals surface area contributed by atoms with Gasteiger partial charge in [0.15, 0.2) is 0 Å². The molecule has 0 saturated heterocycles. The maximum atomic E-state index is 13.0. The van der Waals surface area contributed by atoms with Crippen molar-refractivity contribution in [3.63, 3.8) is 0 Å². The van der Waals surface area contributed by atoms with Crippen LogP contribution in [0.3, 0.4) is 0 Å². The fraction of sp³-hybridized carbons (Fsp3) is 0.273. The molecule has 1 rings (SSSR count). The van der Waals surface area contributed by atoms with Gasteiger partial charge in [-0.05, 0) is 24.5 Å². The number of hydrogen-bond donors (Lipinski definition) is 0. The molecule has 0 spiro atoms. The van der Waals surface area contributed by atoms with Gasteiger partial charge in [0.1, 0.15) is 12.5 Å². The van der Waals surface area contributed by atoms with Crippen molar-refractivity contribution in [2.75, 3.05) is 0 Å². The minimum Gasteiger partial charge on any atom is -0.246 e. The zero-order valence-electron chi connectivity index (χ0n) is 7.39. The van der Waals surface area contributed by atoms with Crippen LogP contribution in [0.1, 0.15) is 17.5 Å². The quantitative estimate of drug-likeness (QED) is 0.626. The molecule has 0 amide bonds. The third-order valence-electron chi connectivity index (χ3n) is 1.90. The molecule has 0 bridgehead atoms. The summed E-state index contributed by atoms with van der Waals surface area (Å²) in [5, 5.41) is 0. The summed E-state index contributed by atoms with van der Waals surface area (Å²) in [4.78, 5) is 0. The Kier molecular flexibility index (Phi) is 3.62. The smallest absolute Gasteiger partial charge is 0.129 e. The van der Waals surface area contributed by atoms with E-state index in [-0.39, 0.29) is 5.56 Å². The van der Waals surface area contributed by atoms with Gasteiger partial charge in [-0.15, -0.1) is 6.58 Å². The highest BCUT2D eigenvalue weighted by molar-refractivity contribution is 5.24. The van der Waals surface area contributed by atoms with Crippen LogP contribution in [0.5, 0.6) is 0 Å². The van der Waals surface area contributed by atoms with Crippen molar-refractivity contribution in [3.8, 4) is 0 Å². The Hall–Kier alpha value is -1.18. The Bertz CT molecular complexity index is 292. The summed E-state index contributed by atoms with van der Waals surface area (Å²) in [6.07, 6.45) is 3.35. The van der Waals surface area contributed by atoms with E-state index >= 15 is 0 Å². The number of alkyl halides is 1. The molecule has 0 heterocycles. The lowest BCUT2D eigenvalue weighted by Crippen LogP contribution is -1.90. The first-order valence-electron chi connectivity index (χ1n) is 4.22. The molecule has 0 N–H and O–H groups in total. The van der Waals surface area contributed by atoms with Crippen molar-refractivity contribution in [1.29, 1.82) is 0 Å². The molecule has 0 radical (unpaired) electrons. The molecular formula is C11H12F2. The average Bonchev–Trinajstić information content (AvgIpc) is 2.15. The lowest BCUT2D eigenvalue weighted by molar-refractivity contribution is 0.463. The molecule has 0 atom stereocenters. The molecule has 0 aromatic heterocycles. The lowest BCUT2D eigenvalue weighted by Gasteiger charge is -2.01. The molecule has 1 aromatic carbocycles. The summed E-state index contributed by atoms with van der Waals surface area (Å²) in [6.45, 7) is 2.84. The molecule has 0 aliphatic carbocycles. The van der Waals surface area contributed by atoms with Crippen molar-refractivity contribution < 1.29 is 8.78 Å². The van der Waals surface area contributed by atoms with Gasteiger partial charge in [-0.1, -0.05) is 18.2 Å². The van der Waals surface area contributed by atoms with Crippen molar-refractivity contribution in [1.82, 2.24) is 0 Å². The van der Waals surface area contributed by atoms with Crippen LogP contribution in [0.2, 0.25) is 0 Å². The predicted octanol–water partition coefficient (Wildman–Crippen LogP) is 3.41. The number of aryl methyl sites for hydroxylation is 1. The van der Waals surface area contributed by atoms with Crippen LogP contribution in [0.4, 0.5) is 8.78 Å². The molecule has 2 heteroatoms. The van der Waals surface area contributed by atoms with E-state index in [1.54, 1.807) is 12.1 Å². The van der Waals surface area contributed by atoms with Gasteiger partial charge in [0.2, 0.25) is 0 Å². The molecule has 1 aromatic rings. The first-order chi connectivity index (χ1) is 6.27. The highest BCUT2D eigenvalue weighted by atomic mass is 19.1. The highest BCUT2D eigenvalue weighted by Gasteiger charge is 2.01. The van der Waals surface area contributed by atoms with E-state index in [0.717, 1.165) is 18.4 Å². The number of rotatable bonds is 4. The number of allylic oxidation sites excluding steroid dienone is 1. The zero-order valence-corrected chi connectivity index (χ0v) is 7.39. The second-order valence-electron chi connectivity index (χ2n) is 2.89. The fourth-order valence-corrected chi connectivity index (χ4v) is 1.12. The molecule has 0 aliphatic rings. The summed E-state index contributed by atoms with van der Waals surface area (Å²) < 4.78 is 25.1. The van der Waals surface area contributed by atoms with Gasteiger partial charge in [-0.3, -0.25) is 0 Å². The van der Waals surface area contributed by atoms with Gasteiger partial charge in [-0.25, -0.2) is 8.78 Å². The van der Waals surface area contributed by atoms with Gasteiger partial charge in [0.05, 0.1) is 0 Å². The maximum absolute atomic E-state index is 13.0. The van der Waals surface area contributed by atoms with Crippen LogP contribution in [-0.4, -0.2) is 0 Å². The van der Waals surface area contributed by atoms with Gasteiger partial charge in [0.25, 0.3) is 0 Å². The van der Waals surface area contributed by atoms with Crippen molar-refractivity contribution >= 4 is 0 Å². The SMILES string of the molecule is C=CCCc1ccc(CF)c(F)c1. The normalized spacial score (nSPS) is 10.0. The van der Waals surface area contributed by atoms with E-state index in [2.05, 4.69) is 6.58 Å². The standard InChI is InChI=1S/C11H12F2/c1-2-3-4-9-5-6-10(8-12)11(13)7-9/h2,5-7H,1,3-4,8H2. The molecule has 0 aliphatic heterocycles. The first-order valence-corrected chi connectivity index (χ1v) is 4.22.